The number of aromatic nitrogens is 20. The van der Waals surface area contributed by atoms with Crippen LogP contribution in [0.1, 0.15) is 153 Å². The summed E-state index contributed by atoms with van der Waals surface area (Å²) in [7, 11) is 0. The molecule has 10 aromatic heterocycles. The minimum absolute atomic E-state index is 0.0714. The van der Waals surface area contributed by atoms with Crippen LogP contribution in [-0.2, 0) is 0 Å². The van der Waals surface area contributed by atoms with Crippen molar-refractivity contribution in [2.75, 3.05) is 89.9 Å². The quantitative estimate of drug-likeness (QED) is 0.0717. The summed E-state index contributed by atoms with van der Waals surface area (Å²) in [6.45, 7) is 33.2. The minimum atomic E-state index is -0.447. The van der Waals surface area contributed by atoms with Crippen molar-refractivity contribution in [3.05, 3.63) is 174 Å². The highest BCUT2D eigenvalue weighted by Gasteiger charge is 2.35. The molecule has 0 unspecified atom stereocenters. The number of aromatic amines is 5. The van der Waals surface area contributed by atoms with E-state index in [1.807, 2.05) is 85.5 Å². The third-order valence-electron chi connectivity index (χ3n) is 26.4. The molecule has 5 fully saturated rings. The monoisotopic (exact) mass is 1870 g/mol. The van der Waals surface area contributed by atoms with Crippen molar-refractivity contribution in [2.24, 2.45) is 27.1 Å². The first-order valence-corrected chi connectivity index (χ1v) is 46.3. The smallest absolute Gasteiger partial charge is 0.202 e. The molecule has 0 amide bonds. The van der Waals surface area contributed by atoms with Crippen LogP contribution >= 0.6 is 92.8 Å². The van der Waals surface area contributed by atoms with Gasteiger partial charge in [-0.15, -0.1) is 0 Å². The molecule has 5 aliphatic heterocycles. The molecular formula is C93H102Cl8FN25. The fourth-order valence-electron chi connectivity index (χ4n) is 16.6. The molecule has 34 heteroatoms. The topological polar surface area (TPSA) is 288 Å². The van der Waals surface area contributed by atoms with Gasteiger partial charge in [-0.1, -0.05) is 200 Å². The van der Waals surface area contributed by atoms with Crippen LogP contribution < -0.4 is 24.5 Å². The number of hydrogen-bond acceptors (Lipinski definition) is 20. The molecule has 5 saturated heterocycles. The van der Waals surface area contributed by atoms with Gasteiger partial charge in [0.05, 0.1) is 74.5 Å². The summed E-state index contributed by atoms with van der Waals surface area (Å²) in [6.07, 6.45) is 24.5. The van der Waals surface area contributed by atoms with Crippen LogP contribution in [0.3, 0.4) is 0 Å². The molecular weight excluding hydrogens is 1770 g/mol. The van der Waals surface area contributed by atoms with Crippen LogP contribution in [0.4, 0.5) is 33.5 Å². The number of rotatable bonds is 13. The normalized spacial score (nSPS) is 17.1. The molecule has 0 spiro atoms. The molecule has 0 atom stereocenters. The van der Waals surface area contributed by atoms with E-state index in [1.54, 1.807) is 36.5 Å². The van der Waals surface area contributed by atoms with Crippen LogP contribution in [0.2, 0.25) is 40.2 Å². The second-order valence-electron chi connectivity index (χ2n) is 36.3. The molecule has 0 saturated carbocycles. The summed E-state index contributed by atoms with van der Waals surface area (Å²) in [5.74, 6) is 3.97. The van der Waals surface area contributed by atoms with Gasteiger partial charge in [0.25, 0.3) is 0 Å². The molecule has 127 heavy (non-hydrogen) atoms. The minimum Gasteiger partial charge on any atom is -0.355 e. The largest absolute Gasteiger partial charge is 0.355 e. The Morgan fingerprint density at radius 3 is 0.811 bits per heavy atom. The highest BCUT2D eigenvalue weighted by molar-refractivity contribution is 6.42. The summed E-state index contributed by atoms with van der Waals surface area (Å²) in [5.41, 5.74) is 17.1. The number of nitrogens with one attached hydrogen (secondary N) is 5. The summed E-state index contributed by atoms with van der Waals surface area (Å²) >= 11 is 48.4. The van der Waals surface area contributed by atoms with Crippen LogP contribution in [0.25, 0.3) is 112 Å². The number of anilines is 5. The number of fused-ring (bicyclic) bond motifs is 5. The standard InChI is InChI=1S/2C19H21Cl2N5.C19H21ClFN5.C18H19Cl2N5.C18H20ClN5/c1-3-19(2)4-6-26(7-5-19)15-11-22-17-16(24-25-18(17)23-15)12-8-13(20)10-14(21)9-12;1-3-19(2)6-8-26(9-7-19)15-11-22-17-16(24-25-18(17)23-15)12-4-5-13(20)14(21)10-12;1-3-19(2)6-8-26(9-7-19)15-11-22-17-16(24-25-18(17)23-15)12-4-5-14(21)13(20)10-12;1-18(2)3-5-25(6-4-18)14-10-21-16-15(23-24-17(16)22-14)11-7-12(19)9-13(20)8-11;1-18(2)7-9-24(10-8-18)14-11-20-16-15(22-23-17(16)21-14)12-3-5-13(19)6-4-12/h8-11H,3-7H2,1-2H3,(H,23,24,25);2*4-5,10-11H,3,6-9H2,1-2H3,(H,23,24,25);7-10H,3-6H2,1-2H3,(H,22,23,24);3-6,11H,7-10H2,1-2H3,(H,21,22,23). The highest BCUT2D eigenvalue weighted by Crippen LogP contribution is 2.43. The summed E-state index contributed by atoms with van der Waals surface area (Å²) in [6, 6.07) is 28.4. The van der Waals surface area contributed by atoms with E-state index < -0.39 is 5.82 Å². The van der Waals surface area contributed by atoms with Gasteiger partial charge in [0.1, 0.15) is 62.5 Å². The van der Waals surface area contributed by atoms with Crippen LogP contribution in [-0.4, -0.2) is 166 Å². The lowest BCUT2D eigenvalue weighted by Crippen LogP contribution is -2.38. The fourth-order valence-corrected chi connectivity index (χ4v) is 18.2. The molecule has 15 heterocycles. The van der Waals surface area contributed by atoms with E-state index in [4.69, 9.17) is 113 Å². The lowest BCUT2D eigenvalue weighted by atomic mass is 9.78. The predicted molar refractivity (Wildman–Crippen MR) is 516 cm³/mol. The first-order chi connectivity index (χ1) is 60.9. The van der Waals surface area contributed by atoms with Crippen molar-refractivity contribution >= 4 is 178 Å². The van der Waals surface area contributed by atoms with Crippen molar-refractivity contribution in [2.45, 2.75) is 153 Å². The Morgan fingerprint density at radius 1 is 0.283 bits per heavy atom. The second kappa shape index (κ2) is 38.0. The average molecular weight is 1870 g/mol. The Bertz CT molecular complexity index is 6210. The average Bonchev–Trinajstić information content (AvgIpc) is 1.67. The van der Waals surface area contributed by atoms with Gasteiger partial charge >= 0.3 is 0 Å². The fraction of sp³-hybridized carbons (Fsp3) is 0.409. The number of hydrogen-bond donors (Lipinski definition) is 5. The Hall–Kier alpha value is -9.90. The van der Waals surface area contributed by atoms with Crippen molar-refractivity contribution in [3.63, 3.8) is 0 Å². The Morgan fingerprint density at radius 2 is 0.535 bits per heavy atom. The van der Waals surface area contributed by atoms with E-state index in [-0.39, 0.29) is 5.02 Å². The van der Waals surface area contributed by atoms with E-state index in [0.29, 0.717) is 102 Å². The summed E-state index contributed by atoms with van der Waals surface area (Å²) in [5, 5.41) is 40.8. The van der Waals surface area contributed by atoms with Crippen molar-refractivity contribution in [1.29, 1.82) is 0 Å². The van der Waals surface area contributed by atoms with E-state index >= 15 is 0 Å². The Kier molecular flexibility index (Phi) is 27.1. The van der Waals surface area contributed by atoms with Gasteiger partial charge in [-0.25, -0.2) is 54.2 Å². The van der Waals surface area contributed by atoms with Crippen LogP contribution in [0.5, 0.6) is 0 Å². The highest BCUT2D eigenvalue weighted by atomic mass is 35.5. The molecule has 0 aliphatic carbocycles. The van der Waals surface area contributed by atoms with Gasteiger partial charge in [0.15, 0.2) is 0 Å². The molecule has 5 aromatic carbocycles. The zero-order valence-electron chi connectivity index (χ0n) is 72.7. The maximum atomic E-state index is 13.4. The molecule has 20 rings (SSSR count). The summed E-state index contributed by atoms with van der Waals surface area (Å²) in [4.78, 5) is 58.0. The summed E-state index contributed by atoms with van der Waals surface area (Å²) < 4.78 is 13.4. The van der Waals surface area contributed by atoms with Gasteiger partial charge in [-0.05, 0) is 170 Å². The van der Waals surface area contributed by atoms with Gasteiger partial charge in [-0.2, -0.15) is 25.5 Å². The second-order valence-corrected chi connectivity index (χ2v) is 39.7. The maximum absolute atomic E-state index is 13.4. The van der Waals surface area contributed by atoms with Gasteiger partial charge < -0.3 is 24.5 Å². The third kappa shape index (κ3) is 20.9. The van der Waals surface area contributed by atoms with Crippen molar-refractivity contribution in [1.82, 2.24) is 101 Å². The zero-order valence-corrected chi connectivity index (χ0v) is 78.8. The van der Waals surface area contributed by atoms with E-state index in [0.717, 1.165) is 193 Å². The van der Waals surface area contributed by atoms with Crippen LogP contribution in [0, 0.1) is 32.9 Å². The molecule has 0 radical (unpaired) electrons. The van der Waals surface area contributed by atoms with Gasteiger partial charge in [0.2, 0.25) is 28.2 Å². The number of halogens is 9. The number of nitrogens with zero attached hydrogens (tertiary/aromatic N) is 20. The van der Waals surface area contributed by atoms with Gasteiger partial charge in [0, 0.05) is 118 Å². The van der Waals surface area contributed by atoms with Crippen LogP contribution in [0.15, 0.2) is 128 Å². The molecule has 662 valence electrons. The lowest BCUT2D eigenvalue weighted by Gasteiger charge is -2.39. The number of H-pyrrole nitrogens is 5. The van der Waals surface area contributed by atoms with E-state index in [2.05, 4.69) is 175 Å². The zero-order chi connectivity index (χ0) is 89.3. The third-order valence-corrected chi connectivity index (χ3v) is 28.6. The number of benzene rings is 5. The van der Waals surface area contributed by atoms with E-state index in [1.165, 1.54) is 63.9 Å². The van der Waals surface area contributed by atoms with Gasteiger partial charge in [-0.3, -0.25) is 25.5 Å². The lowest BCUT2D eigenvalue weighted by molar-refractivity contribution is 0.237. The Labute approximate surface area is 777 Å². The Balaban J connectivity index is 0.000000117. The number of piperidine rings is 5. The molecule has 25 nitrogen and oxygen atoms in total. The molecule has 5 N–H and O–H groups in total. The molecule has 15 aromatic rings. The maximum Gasteiger partial charge on any atom is 0.202 e. The molecule has 5 aliphatic rings. The van der Waals surface area contributed by atoms with Crippen molar-refractivity contribution in [3.8, 4) is 56.3 Å². The van der Waals surface area contributed by atoms with E-state index in [9.17, 15) is 4.39 Å². The predicted octanol–water partition coefficient (Wildman–Crippen LogP) is 24.8. The first-order valence-electron chi connectivity index (χ1n) is 43.3. The molecule has 0 bridgehead atoms. The SMILES string of the molecule is CC1(C)CCN(c2cnc3c(-c4cc(Cl)cc(Cl)c4)[nH]nc3n2)CC1.CC1(C)CCN(c2cnc3c(-c4ccc(Cl)cc4)[nH]nc3n2)CC1.CCC1(C)CCN(c2cnc3c(-c4cc(Cl)cc(Cl)c4)[nH]nc3n2)CC1.CCC1(C)CCN(c2cnc3c(-c4ccc(Cl)c(Cl)c4)[nH]nc3n2)CC1.CCC1(C)CCN(c2cnc3c(-c4ccc(F)c(Cl)c4)[nH]nc3n2)CC1. The van der Waals surface area contributed by atoms with Crippen molar-refractivity contribution < 1.29 is 4.39 Å². The first kappa shape index (κ1) is 90.5.